The molecule has 0 unspecified atom stereocenters. The van der Waals surface area contributed by atoms with E-state index in [4.69, 9.17) is 46.8 Å². The largest absolute Gasteiger partial charge is 0.507 e. The summed E-state index contributed by atoms with van der Waals surface area (Å²) in [6.07, 6.45) is 1.60. The van der Waals surface area contributed by atoms with Crippen molar-refractivity contribution in [1.29, 1.82) is 0 Å². The van der Waals surface area contributed by atoms with E-state index in [1.807, 2.05) is 0 Å². The average molecular weight is 547 g/mol. The SMILES string of the molecule is NCc1ccc(O)c(C(=O)O)c1.NO.O=C(O)c1cc(/C=N/O)ccc1O.O=Cc1ccc(O)c(C(=O)O)c1. The molecule has 0 saturated heterocycles. The number of rotatable bonds is 6. The second-order valence-corrected chi connectivity index (χ2v) is 6.89. The lowest BCUT2D eigenvalue weighted by Crippen LogP contribution is -2.01. The molecule has 3 aromatic carbocycles. The summed E-state index contributed by atoms with van der Waals surface area (Å²) in [4.78, 5) is 41.6. The van der Waals surface area contributed by atoms with Gasteiger partial charge < -0.3 is 46.8 Å². The van der Waals surface area contributed by atoms with Crippen LogP contribution in [0.1, 0.15) is 52.6 Å². The van der Waals surface area contributed by atoms with E-state index in [2.05, 4.69) is 11.1 Å². The van der Waals surface area contributed by atoms with E-state index in [-0.39, 0.29) is 46.0 Å². The molecule has 15 heteroatoms. The Kier molecular flexibility index (Phi) is 14.6. The quantitative estimate of drug-likeness (QED) is 0.0909. The zero-order valence-corrected chi connectivity index (χ0v) is 19.9. The number of carboxylic acids is 3. The lowest BCUT2D eigenvalue weighted by Gasteiger charge is -2.01. The van der Waals surface area contributed by atoms with E-state index in [0.717, 1.165) is 12.3 Å². The Bertz CT molecular complexity index is 1330. The van der Waals surface area contributed by atoms with E-state index >= 15 is 0 Å². The molecule has 208 valence electrons. The number of benzene rings is 3. The van der Waals surface area contributed by atoms with Crippen LogP contribution in [0.15, 0.2) is 59.8 Å². The fourth-order valence-electron chi connectivity index (χ4n) is 2.55. The number of hydrogen-bond donors (Lipinski definition) is 10. The van der Waals surface area contributed by atoms with Crippen LogP contribution in [0, 0.1) is 0 Å². The van der Waals surface area contributed by atoms with Crippen molar-refractivity contribution in [1.82, 2.24) is 0 Å². The van der Waals surface area contributed by atoms with Gasteiger partial charge in [0.25, 0.3) is 0 Å². The second kappa shape index (κ2) is 17.0. The molecule has 0 saturated carbocycles. The predicted octanol–water partition coefficient (Wildman–Crippen LogP) is 1.68. The Morgan fingerprint density at radius 1 is 0.692 bits per heavy atom. The van der Waals surface area contributed by atoms with Crippen LogP contribution in [-0.2, 0) is 6.54 Å². The van der Waals surface area contributed by atoms with Crippen LogP contribution in [0.3, 0.4) is 0 Å². The summed E-state index contributed by atoms with van der Waals surface area (Å²) in [5, 5.41) is 70.3. The Hall–Kier alpha value is -5.51. The molecule has 0 atom stereocenters. The van der Waals surface area contributed by atoms with Crippen molar-refractivity contribution in [2.75, 3.05) is 0 Å². The predicted molar refractivity (Wildman–Crippen MR) is 134 cm³/mol. The summed E-state index contributed by atoms with van der Waals surface area (Å²) in [5.41, 5.74) is 6.01. The van der Waals surface area contributed by atoms with Crippen molar-refractivity contribution in [3.63, 3.8) is 0 Å². The van der Waals surface area contributed by atoms with Gasteiger partial charge in [0.1, 0.15) is 40.2 Å². The summed E-state index contributed by atoms with van der Waals surface area (Å²) in [6.45, 7) is 0.264. The topological polar surface area (TPSA) is 295 Å². The van der Waals surface area contributed by atoms with Gasteiger partial charge in [0.15, 0.2) is 0 Å². The maximum absolute atomic E-state index is 10.5. The molecule has 0 spiro atoms. The molecule has 0 amide bonds. The Morgan fingerprint density at radius 2 is 1.08 bits per heavy atom. The lowest BCUT2D eigenvalue weighted by molar-refractivity contribution is 0.0682. The third-order valence-corrected chi connectivity index (χ3v) is 4.37. The number of carboxylic acid groups (broad SMARTS) is 3. The molecule has 0 radical (unpaired) electrons. The first-order chi connectivity index (χ1) is 18.4. The van der Waals surface area contributed by atoms with Gasteiger partial charge in [0.2, 0.25) is 0 Å². The van der Waals surface area contributed by atoms with Gasteiger partial charge in [0, 0.05) is 12.1 Å². The first-order valence-electron chi connectivity index (χ1n) is 10.2. The van der Waals surface area contributed by atoms with Crippen LogP contribution in [-0.4, -0.2) is 71.5 Å². The van der Waals surface area contributed by atoms with Crippen LogP contribution in [0.5, 0.6) is 17.2 Å². The fourth-order valence-corrected chi connectivity index (χ4v) is 2.55. The molecule has 0 fully saturated rings. The maximum Gasteiger partial charge on any atom is 0.339 e. The zero-order valence-electron chi connectivity index (χ0n) is 19.9. The zero-order chi connectivity index (χ0) is 30.1. The molecular formula is C24H25N3O12. The molecule has 0 aliphatic heterocycles. The second-order valence-electron chi connectivity index (χ2n) is 6.89. The summed E-state index contributed by atoms with van der Waals surface area (Å²) in [5.74, 6) is -1.03. The highest BCUT2D eigenvalue weighted by Crippen LogP contribution is 2.19. The highest BCUT2D eigenvalue weighted by atomic mass is 16.4. The minimum Gasteiger partial charge on any atom is -0.507 e. The van der Waals surface area contributed by atoms with Crippen LogP contribution in [0.4, 0.5) is 0 Å². The molecule has 12 N–H and O–H groups in total. The van der Waals surface area contributed by atoms with Gasteiger partial charge in [-0.3, -0.25) is 4.79 Å². The van der Waals surface area contributed by atoms with Gasteiger partial charge in [-0.05, 0) is 59.7 Å². The molecule has 39 heavy (non-hydrogen) atoms. The molecule has 15 nitrogen and oxygen atoms in total. The maximum atomic E-state index is 10.5. The Morgan fingerprint density at radius 3 is 1.46 bits per heavy atom. The molecule has 0 bridgehead atoms. The third kappa shape index (κ3) is 11.0. The minimum absolute atomic E-state index is 0.113. The minimum atomic E-state index is -1.25. The highest BCUT2D eigenvalue weighted by Gasteiger charge is 2.10. The van der Waals surface area contributed by atoms with E-state index in [0.29, 0.717) is 17.4 Å². The van der Waals surface area contributed by atoms with E-state index < -0.39 is 17.9 Å². The monoisotopic (exact) mass is 547 g/mol. The molecule has 0 aromatic heterocycles. The first-order valence-corrected chi connectivity index (χ1v) is 10.2. The van der Waals surface area contributed by atoms with Gasteiger partial charge in [-0.2, -0.15) is 0 Å². The van der Waals surface area contributed by atoms with Gasteiger partial charge in [-0.15, -0.1) is 0 Å². The number of aromatic carboxylic acids is 3. The summed E-state index contributed by atoms with van der Waals surface area (Å²) in [7, 11) is 0. The van der Waals surface area contributed by atoms with Crippen molar-refractivity contribution >= 4 is 30.4 Å². The van der Waals surface area contributed by atoms with Crippen LogP contribution < -0.4 is 11.6 Å². The molecule has 0 aliphatic carbocycles. The molecule has 0 aliphatic rings. The van der Waals surface area contributed by atoms with E-state index in [9.17, 15) is 19.2 Å². The molecular weight excluding hydrogens is 522 g/mol. The Balaban J connectivity index is 0.000000538. The van der Waals surface area contributed by atoms with Crippen molar-refractivity contribution in [3.8, 4) is 17.2 Å². The number of aromatic hydroxyl groups is 3. The highest BCUT2D eigenvalue weighted by molar-refractivity contribution is 5.94. The smallest absolute Gasteiger partial charge is 0.339 e. The van der Waals surface area contributed by atoms with Crippen molar-refractivity contribution in [2.24, 2.45) is 16.8 Å². The van der Waals surface area contributed by atoms with Gasteiger partial charge in [-0.1, -0.05) is 11.2 Å². The van der Waals surface area contributed by atoms with Crippen molar-refractivity contribution < 1.29 is 60.2 Å². The average Bonchev–Trinajstić information content (AvgIpc) is 2.92. The van der Waals surface area contributed by atoms with Gasteiger partial charge in [0.05, 0.1) is 6.21 Å². The fraction of sp³-hybridized carbons (Fsp3) is 0.0417. The van der Waals surface area contributed by atoms with E-state index in [1.54, 1.807) is 6.07 Å². The molecule has 3 aromatic rings. The van der Waals surface area contributed by atoms with Crippen LogP contribution in [0.2, 0.25) is 0 Å². The standard InChI is InChI=1S/C8H7NO4.C8H9NO3.C8H6O4.H3NO/c10-7-2-1-5(4-9-13)3-6(7)8(11)12;2*9-4-5-1-2-7(10)6(3-5)8(11)12;1-2/h1-4,10,13H,(H,11,12);1-3,10H,4,9H2,(H,11,12);1-4,10H,(H,11,12);2H,1H2/b9-4+;;;. The molecule has 0 heterocycles. The summed E-state index contributed by atoms with van der Waals surface area (Å²) < 4.78 is 0. The van der Waals surface area contributed by atoms with E-state index in [1.165, 1.54) is 42.5 Å². The summed E-state index contributed by atoms with van der Waals surface area (Å²) >= 11 is 0. The van der Waals surface area contributed by atoms with Crippen LogP contribution in [0.25, 0.3) is 0 Å². The van der Waals surface area contributed by atoms with Crippen LogP contribution >= 0.6 is 0 Å². The number of phenols is 3. The third-order valence-electron chi connectivity index (χ3n) is 4.37. The normalized spacial score (nSPS) is 9.51. The van der Waals surface area contributed by atoms with Crippen molar-refractivity contribution in [2.45, 2.75) is 6.54 Å². The number of carbonyl (C=O) groups is 4. The van der Waals surface area contributed by atoms with Crippen molar-refractivity contribution in [3.05, 3.63) is 88.0 Å². The number of oxime groups is 1. The number of nitrogens with zero attached hydrogens (tertiary/aromatic N) is 1. The lowest BCUT2D eigenvalue weighted by atomic mass is 10.1. The van der Waals surface area contributed by atoms with Gasteiger partial charge >= 0.3 is 17.9 Å². The summed E-state index contributed by atoms with van der Waals surface area (Å²) in [6, 6.07) is 11.8. The number of carbonyl (C=O) groups excluding carboxylic acids is 1. The van der Waals surface area contributed by atoms with Gasteiger partial charge in [-0.25, -0.2) is 20.3 Å². The number of nitrogens with two attached hydrogens (primary N) is 2. The Labute approximate surface area is 219 Å². The first kappa shape index (κ1) is 33.5. The molecule has 3 rings (SSSR count). The number of aldehydes is 1. The number of hydrogen-bond acceptors (Lipinski definition) is 12.